The van der Waals surface area contributed by atoms with E-state index in [0.717, 1.165) is 12.0 Å². The minimum Gasteiger partial charge on any atom is -0.313 e. The molecule has 2 atom stereocenters. The molecule has 2 aliphatic carbocycles. The summed E-state index contributed by atoms with van der Waals surface area (Å²) in [7, 11) is 2.33. The van der Waals surface area contributed by atoms with Crippen LogP contribution < -0.4 is 5.32 Å². The number of hydrogen-bond donors (Lipinski definition) is 1. The molecule has 0 amide bonds. The molecule has 2 aliphatic rings. The zero-order valence-electron chi connectivity index (χ0n) is 13.4. The van der Waals surface area contributed by atoms with Crippen LogP contribution in [0.2, 0.25) is 0 Å². The second-order valence-corrected chi connectivity index (χ2v) is 7.45. The van der Waals surface area contributed by atoms with Crippen LogP contribution in [0.3, 0.4) is 0 Å². The third-order valence-corrected chi connectivity index (χ3v) is 5.03. The summed E-state index contributed by atoms with van der Waals surface area (Å²) in [5.41, 5.74) is 0.558. The first-order valence-corrected chi connectivity index (χ1v) is 8.55. The maximum atomic E-state index is 3.82. The number of nitrogens with zero attached hydrogens (tertiary/aromatic N) is 1. The van der Waals surface area contributed by atoms with Gasteiger partial charge in [-0.15, -0.1) is 0 Å². The summed E-state index contributed by atoms with van der Waals surface area (Å²) in [6.45, 7) is 8.59. The van der Waals surface area contributed by atoms with Gasteiger partial charge in [0.2, 0.25) is 0 Å². The molecule has 1 N–H and O–H groups in total. The van der Waals surface area contributed by atoms with Crippen molar-refractivity contribution >= 4 is 0 Å². The van der Waals surface area contributed by atoms with Crippen LogP contribution in [0.4, 0.5) is 0 Å². The first-order valence-electron chi connectivity index (χ1n) is 8.55. The molecule has 0 saturated heterocycles. The largest absolute Gasteiger partial charge is 0.313 e. The highest BCUT2D eigenvalue weighted by Crippen LogP contribution is 2.40. The highest BCUT2D eigenvalue weighted by molar-refractivity contribution is 4.92. The molecule has 0 radical (unpaired) electrons. The van der Waals surface area contributed by atoms with E-state index in [9.17, 15) is 0 Å². The first kappa shape index (κ1) is 15.3. The smallest absolute Gasteiger partial charge is 0.00684 e. The van der Waals surface area contributed by atoms with Crippen LogP contribution in [-0.2, 0) is 0 Å². The number of nitrogens with one attached hydrogen (secondary N) is 1. The fourth-order valence-electron chi connectivity index (χ4n) is 3.86. The summed E-state index contributed by atoms with van der Waals surface area (Å²) in [4.78, 5) is 2.59. The van der Waals surface area contributed by atoms with Gasteiger partial charge in [-0.1, -0.05) is 33.1 Å². The summed E-state index contributed by atoms with van der Waals surface area (Å²) in [5.74, 6) is 0.925. The highest BCUT2D eigenvalue weighted by Gasteiger charge is 2.37. The normalized spacial score (nSPS) is 31.9. The van der Waals surface area contributed by atoms with Gasteiger partial charge in [-0.25, -0.2) is 0 Å². The lowest BCUT2D eigenvalue weighted by Crippen LogP contribution is -2.46. The monoisotopic (exact) mass is 266 g/mol. The van der Waals surface area contributed by atoms with E-state index < -0.39 is 0 Å². The summed E-state index contributed by atoms with van der Waals surface area (Å²) in [5, 5.41) is 3.82. The molecule has 0 aromatic carbocycles. The van der Waals surface area contributed by atoms with E-state index in [2.05, 4.69) is 31.1 Å². The zero-order valence-corrected chi connectivity index (χ0v) is 13.4. The van der Waals surface area contributed by atoms with Gasteiger partial charge in [-0.2, -0.15) is 0 Å². The first-order chi connectivity index (χ1) is 9.13. The Kier molecular flexibility index (Phi) is 5.70. The third kappa shape index (κ3) is 5.07. The van der Waals surface area contributed by atoms with E-state index in [-0.39, 0.29) is 0 Å². The van der Waals surface area contributed by atoms with E-state index in [1.807, 2.05) is 0 Å². The molecule has 2 fully saturated rings. The Balaban J connectivity index is 1.87. The molecule has 0 aliphatic heterocycles. The van der Waals surface area contributed by atoms with Crippen molar-refractivity contribution in [1.29, 1.82) is 0 Å². The summed E-state index contributed by atoms with van der Waals surface area (Å²) < 4.78 is 0. The van der Waals surface area contributed by atoms with Crippen molar-refractivity contribution in [2.75, 3.05) is 26.7 Å². The van der Waals surface area contributed by atoms with Crippen molar-refractivity contribution in [3.63, 3.8) is 0 Å². The van der Waals surface area contributed by atoms with Crippen molar-refractivity contribution < 1.29 is 0 Å². The number of hydrogen-bond acceptors (Lipinski definition) is 2. The second kappa shape index (κ2) is 7.08. The van der Waals surface area contributed by atoms with E-state index in [4.69, 9.17) is 0 Å². The minimum atomic E-state index is 0.558. The van der Waals surface area contributed by atoms with Gasteiger partial charge in [-0.3, -0.25) is 0 Å². The molecule has 112 valence electrons. The molecule has 0 aromatic rings. The maximum absolute atomic E-state index is 3.82. The standard InChI is InChI=1S/C17H34N2/c1-4-5-11-19(3)14-17(13-18-16-8-9-16)10-6-7-15(2)12-17/h15-16,18H,4-14H2,1-3H3. The molecule has 2 saturated carbocycles. The van der Waals surface area contributed by atoms with Crippen molar-refractivity contribution in [3.8, 4) is 0 Å². The molecular formula is C17H34N2. The van der Waals surface area contributed by atoms with Gasteiger partial charge in [0.1, 0.15) is 0 Å². The van der Waals surface area contributed by atoms with Crippen LogP contribution in [-0.4, -0.2) is 37.6 Å². The average Bonchev–Trinajstić information content (AvgIpc) is 3.18. The lowest BCUT2D eigenvalue weighted by Gasteiger charge is -2.43. The van der Waals surface area contributed by atoms with E-state index in [1.165, 1.54) is 71.0 Å². The Hall–Kier alpha value is -0.0800. The SMILES string of the molecule is CCCCN(C)CC1(CNC2CC2)CCCC(C)C1. The van der Waals surface area contributed by atoms with Crippen LogP contribution >= 0.6 is 0 Å². The summed E-state index contributed by atoms with van der Waals surface area (Å²) in [6.07, 6.45) is 11.2. The molecule has 2 rings (SSSR count). The van der Waals surface area contributed by atoms with Gasteiger partial charge < -0.3 is 10.2 Å². The summed E-state index contributed by atoms with van der Waals surface area (Å²) in [6, 6.07) is 0.857. The van der Waals surface area contributed by atoms with Gasteiger partial charge in [0.05, 0.1) is 0 Å². The van der Waals surface area contributed by atoms with Gasteiger partial charge >= 0.3 is 0 Å². The fourth-order valence-corrected chi connectivity index (χ4v) is 3.86. The van der Waals surface area contributed by atoms with E-state index in [0.29, 0.717) is 5.41 Å². The Morgan fingerprint density at radius 1 is 1.26 bits per heavy atom. The third-order valence-electron chi connectivity index (χ3n) is 5.03. The van der Waals surface area contributed by atoms with E-state index in [1.54, 1.807) is 0 Å². The van der Waals surface area contributed by atoms with Crippen LogP contribution in [0.15, 0.2) is 0 Å². The highest BCUT2D eigenvalue weighted by atomic mass is 15.1. The van der Waals surface area contributed by atoms with E-state index >= 15 is 0 Å². The molecule has 2 unspecified atom stereocenters. The Labute approximate surface area is 120 Å². The van der Waals surface area contributed by atoms with Gasteiger partial charge in [0.25, 0.3) is 0 Å². The minimum absolute atomic E-state index is 0.558. The molecule has 0 spiro atoms. The molecule has 2 nitrogen and oxygen atoms in total. The Morgan fingerprint density at radius 3 is 2.68 bits per heavy atom. The quantitative estimate of drug-likeness (QED) is 0.721. The lowest BCUT2D eigenvalue weighted by atomic mass is 9.69. The van der Waals surface area contributed by atoms with Crippen LogP contribution in [0, 0.1) is 11.3 Å². The molecular weight excluding hydrogens is 232 g/mol. The molecule has 0 bridgehead atoms. The average molecular weight is 266 g/mol. The van der Waals surface area contributed by atoms with Gasteiger partial charge in [-0.05, 0) is 57.0 Å². The molecule has 19 heavy (non-hydrogen) atoms. The number of rotatable bonds is 8. The van der Waals surface area contributed by atoms with Crippen LogP contribution in [0.1, 0.15) is 65.2 Å². The van der Waals surface area contributed by atoms with Crippen LogP contribution in [0.25, 0.3) is 0 Å². The van der Waals surface area contributed by atoms with Crippen molar-refractivity contribution in [2.45, 2.75) is 71.3 Å². The molecule has 0 heterocycles. The topological polar surface area (TPSA) is 15.3 Å². The van der Waals surface area contributed by atoms with Crippen molar-refractivity contribution in [3.05, 3.63) is 0 Å². The number of unbranched alkanes of at least 4 members (excludes halogenated alkanes) is 1. The Bertz CT molecular complexity index is 262. The fraction of sp³-hybridized carbons (Fsp3) is 1.00. The molecule has 0 aromatic heterocycles. The summed E-state index contributed by atoms with van der Waals surface area (Å²) >= 11 is 0. The molecule has 2 heteroatoms. The van der Waals surface area contributed by atoms with Crippen LogP contribution in [0.5, 0.6) is 0 Å². The van der Waals surface area contributed by atoms with Crippen molar-refractivity contribution in [2.24, 2.45) is 11.3 Å². The maximum Gasteiger partial charge on any atom is 0.00684 e. The lowest BCUT2D eigenvalue weighted by molar-refractivity contribution is 0.0908. The second-order valence-electron chi connectivity index (χ2n) is 7.45. The Morgan fingerprint density at radius 2 is 2.05 bits per heavy atom. The predicted molar refractivity (Wildman–Crippen MR) is 83.5 cm³/mol. The zero-order chi connectivity index (χ0) is 13.7. The van der Waals surface area contributed by atoms with Gasteiger partial charge in [0, 0.05) is 19.1 Å². The predicted octanol–water partition coefficient (Wildman–Crippen LogP) is 3.67. The van der Waals surface area contributed by atoms with Crippen molar-refractivity contribution in [1.82, 2.24) is 10.2 Å². The van der Waals surface area contributed by atoms with Gasteiger partial charge in [0.15, 0.2) is 0 Å².